The summed E-state index contributed by atoms with van der Waals surface area (Å²) in [6.45, 7) is -1.40. The van der Waals surface area contributed by atoms with E-state index in [0.717, 1.165) is 0 Å². The summed E-state index contributed by atoms with van der Waals surface area (Å²) in [5.74, 6) is -60.0. The van der Waals surface area contributed by atoms with Crippen molar-refractivity contribution in [2.75, 3.05) is 6.61 Å². The largest absolute Gasteiger partial charge is 0.465 e. The van der Waals surface area contributed by atoms with Crippen molar-refractivity contribution in [3.05, 3.63) is 0 Å². The third kappa shape index (κ3) is 4.80. The Bertz CT molecular complexity index is 967. The number of hydrogen-bond donors (Lipinski definition) is 1. The van der Waals surface area contributed by atoms with E-state index in [4.69, 9.17) is 0 Å². The van der Waals surface area contributed by atoms with Crippen molar-refractivity contribution in [3.8, 4) is 0 Å². The van der Waals surface area contributed by atoms with Crippen LogP contribution in [0.5, 0.6) is 0 Å². The maximum Gasteiger partial charge on any atom is 0.465 e. The van der Waals surface area contributed by atoms with Crippen LogP contribution >= 0.6 is 0 Å². The molecule has 1 unspecified atom stereocenters. The first-order chi connectivity index (χ1) is 16.0. The van der Waals surface area contributed by atoms with E-state index < -0.39 is 80.5 Å². The number of hydrogen-bond acceptors (Lipinski definition) is 3. The minimum absolute atomic E-state index is 0.314. The van der Waals surface area contributed by atoms with Crippen LogP contribution in [0.4, 0.5) is 92.2 Å². The van der Waals surface area contributed by atoms with Crippen LogP contribution in [0.1, 0.15) is 6.92 Å². The molecule has 0 heterocycles. The molecule has 4 nitrogen and oxygen atoms in total. The third-order valence-corrected chi connectivity index (χ3v) is 5.47. The molecule has 0 aromatic rings. The smallest absolute Gasteiger partial charge is 0.326 e. The topological polar surface area (TPSA) is 55.4 Å². The lowest BCUT2D eigenvalue weighted by Gasteiger charge is -2.42. The van der Waals surface area contributed by atoms with Crippen molar-refractivity contribution in [2.24, 2.45) is 0 Å². The lowest BCUT2D eigenvalue weighted by molar-refractivity contribution is -0.458. The molecular formula is C12H6F21NO3S. The molecule has 0 saturated carbocycles. The predicted molar refractivity (Wildman–Crippen MR) is 74.3 cm³/mol. The van der Waals surface area contributed by atoms with Gasteiger partial charge in [0.1, 0.15) is 0 Å². The second kappa shape index (κ2) is 9.22. The van der Waals surface area contributed by atoms with E-state index in [-0.39, 0.29) is 0 Å². The number of sulfonamides is 1. The van der Waals surface area contributed by atoms with Crippen LogP contribution in [0.15, 0.2) is 0 Å². The van der Waals surface area contributed by atoms with Crippen molar-refractivity contribution in [1.82, 2.24) is 4.72 Å². The van der Waals surface area contributed by atoms with Gasteiger partial charge >= 0.3 is 59.1 Å². The van der Waals surface area contributed by atoms with Gasteiger partial charge in [0.05, 0.1) is 0 Å². The molecule has 0 rings (SSSR count). The Kier molecular flexibility index (Phi) is 8.83. The zero-order valence-corrected chi connectivity index (χ0v) is 17.6. The van der Waals surface area contributed by atoms with Crippen molar-refractivity contribution in [2.45, 2.75) is 66.0 Å². The Morgan fingerprint density at radius 1 is 0.500 bits per heavy atom. The summed E-state index contributed by atoms with van der Waals surface area (Å²) in [5.41, 5.74) is 0. The number of rotatable bonds is 11. The molecule has 0 amide bonds. The highest BCUT2D eigenvalue weighted by Gasteiger charge is 2.96. The minimum Gasteiger partial charge on any atom is -0.326 e. The van der Waals surface area contributed by atoms with Crippen molar-refractivity contribution in [1.29, 1.82) is 0 Å². The van der Waals surface area contributed by atoms with Gasteiger partial charge in [0, 0.05) is 6.61 Å². The molecule has 230 valence electrons. The highest BCUT2D eigenvalue weighted by Crippen LogP contribution is 2.64. The lowest BCUT2D eigenvalue weighted by Crippen LogP contribution is -2.75. The average molecular weight is 643 g/mol. The van der Waals surface area contributed by atoms with E-state index in [1.165, 1.54) is 0 Å². The molecule has 26 heteroatoms. The van der Waals surface area contributed by atoms with Crippen LogP contribution in [0.25, 0.3) is 0 Å². The Hall–Kier alpha value is -1.60. The van der Waals surface area contributed by atoms with Crippen molar-refractivity contribution >= 4 is 10.0 Å². The highest BCUT2D eigenvalue weighted by atomic mass is 32.2. The SMILES string of the molecule is CCOC(F)(NS(=O)(=O)C(F)(F)C(F)(F)C(F)(F)C(F)(F)C(F)(F)C(F)(F)C(F)(F)C(F)(F)F)C(F)(F)F. The monoisotopic (exact) mass is 643 g/mol. The number of ether oxygens (including phenoxy) is 1. The van der Waals surface area contributed by atoms with Gasteiger partial charge in [-0.25, -0.2) is 8.42 Å². The van der Waals surface area contributed by atoms with Gasteiger partial charge in [0.2, 0.25) is 0 Å². The number of halogens is 21. The fourth-order valence-electron chi connectivity index (χ4n) is 1.92. The van der Waals surface area contributed by atoms with E-state index in [0.29, 0.717) is 6.92 Å². The fourth-order valence-corrected chi connectivity index (χ4v) is 3.04. The minimum atomic E-state index is -9.20. The van der Waals surface area contributed by atoms with E-state index in [1.807, 2.05) is 0 Å². The molecule has 0 spiro atoms. The standard InChI is InChI=1S/C12H6F21NO3S/c1-2-37-12(33,10(28,29)30)34-38(35,36)11(31,32)8(23,24)6(19,20)4(15,16)3(13,14)5(17,18)7(21,22)9(25,26)27/h34H,2H2,1H3. The Morgan fingerprint density at radius 3 is 1.05 bits per heavy atom. The summed E-state index contributed by atoms with van der Waals surface area (Å²) in [6.07, 6.45) is -15.0. The molecule has 0 saturated heterocycles. The van der Waals surface area contributed by atoms with Gasteiger partial charge in [-0.15, -0.1) is 4.72 Å². The highest BCUT2D eigenvalue weighted by molar-refractivity contribution is 7.90. The van der Waals surface area contributed by atoms with Gasteiger partial charge < -0.3 is 4.74 Å². The van der Waals surface area contributed by atoms with Crippen LogP contribution in [-0.4, -0.2) is 74.1 Å². The first-order valence-corrected chi connectivity index (χ1v) is 9.64. The second-order valence-electron chi connectivity index (χ2n) is 6.59. The van der Waals surface area contributed by atoms with Gasteiger partial charge in [-0.3, -0.25) is 0 Å². The van der Waals surface area contributed by atoms with Crippen molar-refractivity contribution in [3.63, 3.8) is 0 Å². The predicted octanol–water partition coefficient (Wildman–Crippen LogP) is 6.09. The zero-order chi connectivity index (χ0) is 31.6. The maximum absolute atomic E-state index is 13.7. The number of alkyl halides is 21. The van der Waals surface area contributed by atoms with Gasteiger partial charge in [-0.2, -0.15) is 92.2 Å². The van der Waals surface area contributed by atoms with Gasteiger partial charge in [0.15, 0.2) is 0 Å². The summed E-state index contributed by atoms with van der Waals surface area (Å²) < 4.78 is 298. The fraction of sp³-hybridized carbons (Fsp3) is 1.00. The Balaban J connectivity index is 7.08. The molecule has 0 aliphatic heterocycles. The van der Waals surface area contributed by atoms with Gasteiger partial charge in [0.25, 0.3) is 10.0 Å². The molecule has 0 fully saturated rings. The quantitative estimate of drug-likeness (QED) is 0.169. The Labute approximate surface area is 194 Å². The third-order valence-electron chi connectivity index (χ3n) is 4.00. The summed E-state index contributed by atoms with van der Waals surface area (Å²) in [4.78, 5) is 0. The molecular weight excluding hydrogens is 637 g/mol. The average Bonchev–Trinajstić information content (AvgIpc) is 2.64. The summed E-state index contributed by atoms with van der Waals surface area (Å²) >= 11 is 0. The van der Waals surface area contributed by atoms with Gasteiger partial charge in [-0.05, 0) is 6.92 Å². The molecule has 0 aliphatic rings. The summed E-state index contributed by atoms with van der Waals surface area (Å²) in [6, 6.07) is 0. The van der Waals surface area contributed by atoms with Gasteiger partial charge in [-0.1, -0.05) is 0 Å². The van der Waals surface area contributed by atoms with Crippen LogP contribution in [0.3, 0.4) is 0 Å². The van der Waals surface area contributed by atoms with Crippen LogP contribution in [0.2, 0.25) is 0 Å². The molecule has 1 atom stereocenters. The summed E-state index contributed by atoms with van der Waals surface area (Å²) in [7, 11) is -8.58. The number of nitrogens with one attached hydrogen (secondary N) is 1. The second-order valence-corrected chi connectivity index (χ2v) is 8.32. The molecule has 0 aromatic heterocycles. The first-order valence-electron chi connectivity index (χ1n) is 8.16. The molecule has 38 heavy (non-hydrogen) atoms. The zero-order valence-electron chi connectivity index (χ0n) is 16.8. The molecule has 0 bridgehead atoms. The maximum atomic E-state index is 13.7. The lowest BCUT2D eigenvalue weighted by atomic mass is 9.91. The molecule has 0 aromatic carbocycles. The van der Waals surface area contributed by atoms with Crippen molar-refractivity contribution < 1.29 is 105 Å². The summed E-state index contributed by atoms with van der Waals surface area (Å²) in [5, 5.41) is -8.40. The van der Waals surface area contributed by atoms with Crippen LogP contribution in [0, 0.1) is 0 Å². The normalized spacial score (nSPS) is 17.9. The molecule has 0 aliphatic carbocycles. The first kappa shape index (κ1) is 36.4. The Morgan fingerprint density at radius 2 is 0.789 bits per heavy atom. The molecule has 1 N–H and O–H groups in total. The van der Waals surface area contributed by atoms with E-state index >= 15 is 0 Å². The van der Waals surface area contributed by atoms with Crippen LogP contribution in [-0.2, 0) is 14.8 Å². The van der Waals surface area contributed by atoms with E-state index in [2.05, 4.69) is 4.74 Å². The van der Waals surface area contributed by atoms with E-state index in [9.17, 15) is 101 Å². The molecule has 0 radical (unpaired) electrons. The van der Waals surface area contributed by atoms with E-state index in [1.54, 1.807) is 0 Å². The van der Waals surface area contributed by atoms with Crippen LogP contribution < -0.4 is 4.72 Å².